The van der Waals surface area contributed by atoms with Crippen LogP contribution < -0.4 is 0 Å². The number of nitrogens with zero attached hydrogens (tertiary/aromatic N) is 4. The van der Waals surface area contributed by atoms with Crippen molar-refractivity contribution in [2.75, 3.05) is 38.5 Å². The Morgan fingerprint density at radius 3 is 2.54 bits per heavy atom. The Balaban J connectivity index is 1.52. The molecule has 3 rings (SSSR count). The van der Waals surface area contributed by atoms with Crippen molar-refractivity contribution in [2.24, 2.45) is 0 Å². The number of rotatable bonds is 7. The van der Waals surface area contributed by atoms with Crippen molar-refractivity contribution in [3.8, 4) is 0 Å². The Labute approximate surface area is 149 Å². The Morgan fingerprint density at radius 1 is 1.12 bits per heavy atom. The molecule has 2 fully saturated rings. The molecule has 1 aromatic rings. The Bertz CT molecular complexity index is 506. The van der Waals surface area contributed by atoms with Gasteiger partial charge in [-0.1, -0.05) is 18.7 Å². The van der Waals surface area contributed by atoms with Crippen molar-refractivity contribution < 1.29 is 5.11 Å². The van der Waals surface area contributed by atoms with Crippen LogP contribution in [0.1, 0.15) is 44.6 Å². The van der Waals surface area contributed by atoms with Crippen LogP contribution in [0, 0.1) is 0 Å². The van der Waals surface area contributed by atoms with Gasteiger partial charge < -0.3 is 10.0 Å². The van der Waals surface area contributed by atoms with Crippen molar-refractivity contribution >= 4 is 11.8 Å². The molecule has 0 unspecified atom stereocenters. The molecule has 2 aliphatic rings. The molecular formula is C18H30N4OS. The molecule has 24 heavy (non-hydrogen) atoms. The molecule has 0 aromatic carbocycles. The first kappa shape index (κ1) is 18.1. The van der Waals surface area contributed by atoms with Gasteiger partial charge in [-0.15, -0.1) is 0 Å². The zero-order chi connectivity index (χ0) is 16.8. The highest BCUT2D eigenvalue weighted by atomic mass is 32.2. The fraction of sp³-hybridized carbons (Fsp3) is 0.778. The van der Waals surface area contributed by atoms with Crippen LogP contribution in [0.25, 0.3) is 0 Å². The zero-order valence-electron chi connectivity index (χ0n) is 14.8. The van der Waals surface area contributed by atoms with E-state index in [0.29, 0.717) is 0 Å². The van der Waals surface area contributed by atoms with E-state index in [9.17, 15) is 5.11 Å². The van der Waals surface area contributed by atoms with E-state index in [0.717, 1.165) is 75.0 Å². The number of thioether (sulfide) groups is 1. The van der Waals surface area contributed by atoms with Gasteiger partial charge in [-0.3, -0.25) is 4.90 Å². The third kappa shape index (κ3) is 5.15. The van der Waals surface area contributed by atoms with Gasteiger partial charge in [0.15, 0.2) is 5.16 Å². The van der Waals surface area contributed by atoms with Gasteiger partial charge >= 0.3 is 0 Å². The van der Waals surface area contributed by atoms with E-state index < -0.39 is 5.60 Å². The maximum absolute atomic E-state index is 11.0. The summed E-state index contributed by atoms with van der Waals surface area (Å²) in [5, 5.41) is 11.9. The molecule has 1 atom stereocenters. The summed E-state index contributed by atoms with van der Waals surface area (Å²) in [4.78, 5) is 13.7. The predicted octanol–water partition coefficient (Wildman–Crippen LogP) is 2.40. The van der Waals surface area contributed by atoms with Crippen LogP contribution in [0.15, 0.2) is 17.6 Å². The van der Waals surface area contributed by atoms with Crippen molar-refractivity contribution in [2.45, 2.75) is 56.3 Å². The second-order valence-electron chi connectivity index (χ2n) is 7.24. The summed E-state index contributed by atoms with van der Waals surface area (Å²) < 4.78 is 0. The quantitative estimate of drug-likeness (QED) is 0.602. The van der Waals surface area contributed by atoms with Crippen LogP contribution in [0.3, 0.4) is 0 Å². The summed E-state index contributed by atoms with van der Waals surface area (Å²) in [5.74, 6) is 1.06. The van der Waals surface area contributed by atoms with Crippen molar-refractivity contribution in [1.82, 2.24) is 19.8 Å². The summed E-state index contributed by atoms with van der Waals surface area (Å²) in [5.41, 5.74) is 0.585. The van der Waals surface area contributed by atoms with E-state index in [1.165, 1.54) is 12.8 Å². The largest absolute Gasteiger partial charge is 0.387 e. The van der Waals surface area contributed by atoms with Gasteiger partial charge in [0, 0.05) is 43.3 Å². The average Bonchev–Trinajstić information content (AvgIpc) is 3.06. The lowest BCUT2D eigenvalue weighted by atomic mass is 9.92. The first-order chi connectivity index (χ1) is 11.7. The molecular weight excluding hydrogens is 320 g/mol. The van der Waals surface area contributed by atoms with E-state index in [2.05, 4.69) is 26.7 Å². The second-order valence-corrected chi connectivity index (χ2v) is 8.31. The van der Waals surface area contributed by atoms with Gasteiger partial charge in [-0.05, 0) is 51.7 Å². The summed E-state index contributed by atoms with van der Waals surface area (Å²) in [6, 6.07) is 0. The molecule has 0 saturated carbocycles. The normalized spacial score (nSPS) is 26.1. The molecule has 2 saturated heterocycles. The lowest BCUT2D eigenvalue weighted by Gasteiger charge is -2.41. The monoisotopic (exact) mass is 350 g/mol. The highest BCUT2D eigenvalue weighted by Gasteiger charge is 2.35. The molecule has 1 N–H and O–H groups in total. The predicted molar refractivity (Wildman–Crippen MR) is 98.2 cm³/mol. The third-order valence-corrected chi connectivity index (χ3v) is 5.96. The number of piperidine rings is 1. The molecule has 3 heterocycles. The standard InChI is InChI=1S/C18H30N4OS/c1-2-10-24-17-19-11-16(12-20-17)13-22-9-5-6-18(23,15-22)14-21-7-3-4-8-21/h11-12,23H,2-10,13-15H2,1H3/t18-/m1/s1. The van der Waals surface area contributed by atoms with Crippen LogP contribution in [-0.4, -0.2) is 69.0 Å². The maximum Gasteiger partial charge on any atom is 0.187 e. The lowest BCUT2D eigenvalue weighted by molar-refractivity contribution is -0.0519. The Morgan fingerprint density at radius 2 is 1.83 bits per heavy atom. The van der Waals surface area contributed by atoms with E-state index >= 15 is 0 Å². The van der Waals surface area contributed by atoms with Crippen LogP contribution in [0.4, 0.5) is 0 Å². The minimum atomic E-state index is -0.555. The van der Waals surface area contributed by atoms with E-state index in [1.54, 1.807) is 11.8 Å². The Kier molecular flexibility index (Phi) is 6.49. The highest BCUT2D eigenvalue weighted by molar-refractivity contribution is 7.99. The van der Waals surface area contributed by atoms with Crippen LogP contribution >= 0.6 is 11.8 Å². The average molecular weight is 351 g/mol. The topological polar surface area (TPSA) is 52.5 Å². The van der Waals surface area contributed by atoms with Gasteiger partial charge in [0.1, 0.15) is 0 Å². The minimum absolute atomic E-state index is 0.555. The number of hydrogen-bond acceptors (Lipinski definition) is 6. The highest BCUT2D eigenvalue weighted by Crippen LogP contribution is 2.25. The van der Waals surface area contributed by atoms with Crippen LogP contribution in [-0.2, 0) is 6.54 Å². The minimum Gasteiger partial charge on any atom is -0.387 e. The SMILES string of the molecule is CCCSc1ncc(CN2CCC[C@@](O)(CN3CCCC3)C2)cn1. The van der Waals surface area contributed by atoms with Crippen LogP contribution in [0.2, 0.25) is 0 Å². The molecule has 0 amide bonds. The molecule has 134 valence electrons. The number of aromatic nitrogens is 2. The summed E-state index contributed by atoms with van der Waals surface area (Å²) >= 11 is 1.71. The number of likely N-dealkylation sites (tertiary alicyclic amines) is 2. The van der Waals surface area contributed by atoms with Crippen molar-refractivity contribution in [3.63, 3.8) is 0 Å². The van der Waals surface area contributed by atoms with Gasteiger partial charge in [0.25, 0.3) is 0 Å². The fourth-order valence-electron chi connectivity index (χ4n) is 3.78. The van der Waals surface area contributed by atoms with Crippen LogP contribution in [0.5, 0.6) is 0 Å². The van der Waals surface area contributed by atoms with E-state index in [-0.39, 0.29) is 0 Å². The fourth-order valence-corrected chi connectivity index (χ4v) is 4.42. The van der Waals surface area contributed by atoms with Crippen molar-refractivity contribution in [1.29, 1.82) is 0 Å². The molecule has 1 aromatic heterocycles. The second kappa shape index (κ2) is 8.61. The van der Waals surface area contributed by atoms with Gasteiger partial charge in [0.2, 0.25) is 0 Å². The lowest BCUT2D eigenvalue weighted by Crippen LogP contribution is -2.53. The molecule has 6 heteroatoms. The Hall–Kier alpha value is -0.690. The smallest absolute Gasteiger partial charge is 0.187 e. The third-order valence-electron chi connectivity index (χ3n) is 4.87. The molecule has 0 aliphatic carbocycles. The molecule has 0 spiro atoms. The maximum atomic E-state index is 11.0. The number of aliphatic hydroxyl groups is 1. The molecule has 2 aliphatic heterocycles. The first-order valence-corrected chi connectivity index (χ1v) is 10.3. The number of hydrogen-bond donors (Lipinski definition) is 1. The summed E-state index contributed by atoms with van der Waals surface area (Å²) in [7, 11) is 0. The van der Waals surface area contributed by atoms with Gasteiger partial charge in [-0.2, -0.15) is 0 Å². The van der Waals surface area contributed by atoms with E-state index in [1.807, 2.05) is 12.4 Å². The molecule has 5 nitrogen and oxygen atoms in total. The van der Waals surface area contributed by atoms with Gasteiger partial charge in [-0.25, -0.2) is 9.97 Å². The first-order valence-electron chi connectivity index (χ1n) is 9.28. The van der Waals surface area contributed by atoms with E-state index in [4.69, 9.17) is 0 Å². The van der Waals surface area contributed by atoms with Gasteiger partial charge in [0.05, 0.1) is 5.60 Å². The summed E-state index contributed by atoms with van der Waals surface area (Å²) in [6.45, 7) is 7.93. The zero-order valence-corrected chi connectivity index (χ0v) is 15.6. The number of β-amino-alcohol motifs (C(OH)–C–C–N with tert-alkyl or cyclic N) is 1. The molecule has 0 radical (unpaired) electrons. The molecule has 0 bridgehead atoms. The summed E-state index contributed by atoms with van der Waals surface area (Å²) in [6.07, 6.45) is 9.56. The van der Waals surface area contributed by atoms with Crippen molar-refractivity contribution in [3.05, 3.63) is 18.0 Å².